The van der Waals surface area contributed by atoms with Gasteiger partial charge in [0.05, 0.1) is 30.4 Å². The quantitative estimate of drug-likeness (QED) is 0.551. The van der Waals surface area contributed by atoms with Gasteiger partial charge in [0.25, 0.3) is 0 Å². The largest absolute Gasteiger partial charge is 0.496 e. The molecule has 29 heavy (non-hydrogen) atoms. The fraction of sp³-hybridized carbons (Fsp3) is 0.182. The maximum absolute atomic E-state index is 14.5. The molecule has 0 aliphatic carbocycles. The SMILES string of the molecule is COc1cccc(F)c1-c1ncc2[nH]nc(-c3ccc(C(C)(C)C#N)cc3)c2n1. The van der Waals surface area contributed by atoms with Crippen LogP contribution in [0.2, 0.25) is 0 Å². The number of aromatic amines is 1. The van der Waals surface area contributed by atoms with E-state index in [-0.39, 0.29) is 11.4 Å². The van der Waals surface area contributed by atoms with Gasteiger partial charge >= 0.3 is 0 Å². The van der Waals surface area contributed by atoms with E-state index in [1.807, 2.05) is 38.1 Å². The third kappa shape index (κ3) is 3.19. The molecule has 1 N–H and O–H groups in total. The van der Waals surface area contributed by atoms with Crippen LogP contribution in [0.25, 0.3) is 33.7 Å². The Labute approximate surface area is 167 Å². The van der Waals surface area contributed by atoms with Crippen molar-refractivity contribution >= 4 is 11.0 Å². The number of nitrogens with zero attached hydrogens (tertiary/aromatic N) is 4. The Kier molecular flexibility index (Phi) is 4.47. The van der Waals surface area contributed by atoms with Crippen molar-refractivity contribution in [1.82, 2.24) is 20.2 Å². The highest BCUT2D eigenvalue weighted by Gasteiger charge is 2.21. The van der Waals surface area contributed by atoms with Gasteiger partial charge in [-0.3, -0.25) is 5.10 Å². The number of aromatic nitrogens is 4. The first-order chi connectivity index (χ1) is 13.9. The third-order valence-corrected chi connectivity index (χ3v) is 4.88. The molecule has 144 valence electrons. The maximum atomic E-state index is 14.5. The molecular formula is C22H18FN5O. The van der Waals surface area contributed by atoms with Gasteiger partial charge in [0, 0.05) is 5.56 Å². The Bertz CT molecular complexity index is 1240. The summed E-state index contributed by atoms with van der Waals surface area (Å²) in [6, 6.07) is 14.5. The Morgan fingerprint density at radius 3 is 2.59 bits per heavy atom. The van der Waals surface area contributed by atoms with Gasteiger partial charge in [-0.1, -0.05) is 30.3 Å². The lowest BCUT2D eigenvalue weighted by atomic mass is 9.86. The molecule has 2 aromatic carbocycles. The van der Waals surface area contributed by atoms with Gasteiger partial charge in [-0.2, -0.15) is 10.4 Å². The van der Waals surface area contributed by atoms with E-state index in [4.69, 9.17) is 4.74 Å². The second kappa shape index (κ2) is 6.99. The number of rotatable bonds is 4. The zero-order valence-electron chi connectivity index (χ0n) is 16.2. The third-order valence-electron chi connectivity index (χ3n) is 4.88. The first-order valence-electron chi connectivity index (χ1n) is 9.01. The fourth-order valence-corrected chi connectivity index (χ4v) is 3.14. The number of H-pyrrole nitrogens is 1. The molecule has 0 spiro atoms. The number of hydrogen-bond donors (Lipinski definition) is 1. The van der Waals surface area contributed by atoms with Crippen molar-refractivity contribution in [2.75, 3.05) is 7.11 Å². The molecule has 0 saturated carbocycles. The maximum Gasteiger partial charge on any atom is 0.166 e. The second-order valence-corrected chi connectivity index (χ2v) is 7.16. The van der Waals surface area contributed by atoms with E-state index in [0.29, 0.717) is 22.5 Å². The van der Waals surface area contributed by atoms with E-state index in [2.05, 4.69) is 26.2 Å². The van der Waals surface area contributed by atoms with Crippen molar-refractivity contribution in [2.24, 2.45) is 0 Å². The lowest BCUT2D eigenvalue weighted by Gasteiger charge is -2.15. The highest BCUT2D eigenvalue weighted by atomic mass is 19.1. The van der Waals surface area contributed by atoms with Crippen LogP contribution in [0.3, 0.4) is 0 Å². The number of ether oxygens (including phenoxy) is 1. The van der Waals surface area contributed by atoms with Crippen LogP contribution in [-0.4, -0.2) is 27.3 Å². The molecule has 0 aliphatic rings. The van der Waals surface area contributed by atoms with Crippen molar-refractivity contribution in [3.63, 3.8) is 0 Å². The first kappa shape index (κ1) is 18.6. The number of benzene rings is 2. The van der Waals surface area contributed by atoms with Crippen LogP contribution < -0.4 is 4.74 Å². The van der Waals surface area contributed by atoms with Crippen LogP contribution >= 0.6 is 0 Å². The number of nitriles is 1. The molecule has 0 bridgehead atoms. The van der Waals surface area contributed by atoms with E-state index in [0.717, 1.165) is 11.1 Å². The summed E-state index contributed by atoms with van der Waals surface area (Å²) in [7, 11) is 1.48. The second-order valence-electron chi connectivity index (χ2n) is 7.16. The average Bonchev–Trinajstić information content (AvgIpc) is 3.16. The molecule has 0 atom stereocenters. The van der Waals surface area contributed by atoms with Gasteiger partial charge in [0.1, 0.15) is 28.3 Å². The predicted octanol–water partition coefficient (Wildman–Crippen LogP) is 4.64. The Balaban J connectivity index is 1.83. The van der Waals surface area contributed by atoms with Gasteiger partial charge in [0.15, 0.2) is 5.82 Å². The van der Waals surface area contributed by atoms with Gasteiger partial charge in [-0.15, -0.1) is 0 Å². The molecule has 0 amide bonds. The molecule has 0 radical (unpaired) electrons. The van der Waals surface area contributed by atoms with Crippen molar-refractivity contribution in [3.05, 3.63) is 60.0 Å². The highest BCUT2D eigenvalue weighted by molar-refractivity contribution is 5.90. The topological polar surface area (TPSA) is 87.5 Å². The highest BCUT2D eigenvalue weighted by Crippen LogP contribution is 2.33. The summed E-state index contributed by atoms with van der Waals surface area (Å²) in [5, 5.41) is 16.6. The van der Waals surface area contributed by atoms with E-state index < -0.39 is 11.2 Å². The van der Waals surface area contributed by atoms with Gasteiger partial charge in [-0.25, -0.2) is 14.4 Å². The summed E-state index contributed by atoms with van der Waals surface area (Å²) in [5.74, 6) is 0.117. The van der Waals surface area contributed by atoms with E-state index in [1.165, 1.54) is 13.2 Å². The molecule has 6 nitrogen and oxygen atoms in total. The van der Waals surface area contributed by atoms with Crippen molar-refractivity contribution < 1.29 is 9.13 Å². The number of nitrogens with one attached hydrogen (secondary N) is 1. The zero-order chi connectivity index (χ0) is 20.6. The number of methoxy groups -OCH3 is 1. The monoisotopic (exact) mass is 387 g/mol. The molecule has 0 unspecified atom stereocenters. The number of hydrogen-bond acceptors (Lipinski definition) is 5. The first-order valence-corrected chi connectivity index (χ1v) is 9.01. The lowest BCUT2D eigenvalue weighted by molar-refractivity contribution is 0.413. The van der Waals surface area contributed by atoms with E-state index in [1.54, 1.807) is 18.3 Å². The van der Waals surface area contributed by atoms with Crippen molar-refractivity contribution in [3.8, 4) is 34.5 Å². The van der Waals surface area contributed by atoms with E-state index >= 15 is 0 Å². The van der Waals surface area contributed by atoms with Crippen LogP contribution in [0.15, 0.2) is 48.7 Å². The summed E-state index contributed by atoms with van der Waals surface area (Å²) < 4.78 is 19.7. The molecular weight excluding hydrogens is 369 g/mol. The molecule has 2 aromatic heterocycles. The van der Waals surface area contributed by atoms with Crippen LogP contribution in [0, 0.1) is 17.1 Å². The molecule has 0 saturated heterocycles. The summed E-state index contributed by atoms with van der Waals surface area (Å²) in [4.78, 5) is 8.83. The fourth-order valence-electron chi connectivity index (χ4n) is 3.14. The van der Waals surface area contributed by atoms with Crippen LogP contribution in [0.4, 0.5) is 4.39 Å². The van der Waals surface area contributed by atoms with Crippen LogP contribution in [0.5, 0.6) is 5.75 Å². The van der Waals surface area contributed by atoms with Gasteiger partial charge in [0.2, 0.25) is 0 Å². The number of fused-ring (bicyclic) bond motifs is 1. The molecule has 0 fully saturated rings. The summed E-state index contributed by atoms with van der Waals surface area (Å²) >= 11 is 0. The summed E-state index contributed by atoms with van der Waals surface area (Å²) in [6.07, 6.45) is 1.58. The Hall–Kier alpha value is -3.79. The minimum Gasteiger partial charge on any atom is -0.496 e. The summed E-state index contributed by atoms with van der Waals surface area (Å²) in [5.41, 5.74) is 3.21. The predicted molar refractivity (Wildman–Crippen MR) is 108 cm³/mol. The smallest absolute Gasteiger partial charge is 0.166 e. The molecule has 4 rings (SSSR count). The summed E-state index contributed by atoms with van der Waals surface area (Å²) in [6.45, 7) is 3.74. The lowest BCUT2D eigenvalue weighted by Crippen LogP contribution is -2.13. The Morgan fingerprint density at radius 2 is 1.90 bits per heavy atom. The van der Waals surface area contributed by atoms with Gasteiger partial charge < -0.3 is 4.74 Å². The normalized spacial score (nSPS) is 11.4. The van der Waals surface area contributed by atoms with Crippen LogP contribution in [-0.2, 0) is 5.41 Å². The minimum absolute atomic E-state index is 0.204. The number of halogens is 1. The zero-order valence-corrected chi connectivity index (χ0v) is 16.2. The molecule has 2 heterocycles. The Morgan fingerprint density at radius 1 is 1.14 bits per heavy atom. The molecule has 4 aromatic rings. The standard InChI is InChI=1S/C22H18FN5O/c1-22(2,12-24)14-9-7-13(8-10-14)19-20-16(27-28-19)11-25-21(26-20)18-15(23)5-4-6-17(18)29-3/h4-11H,1-3H3,(H,27,28). The van der Waals surface area contributed by atoms with Crippen LogP contribution in [0.1, 0.15) is 19.4 Å². The van der Waals surface area contributed by atoms with Gasteiger partial charge in [-0.05, 0) is 31.5 Å². The van der Waals surface area contributed by atoms with Crippen molar-refractivity contribution in [1.29, 1.82) is 5.26 Å². The minimum atomic E-state index is -0.580. The average molecular weight is 387 g/mol. The van der Waals surface area contributed by atoms with E-state index in [9.17, 15) is 9.65 Å². The molecule has 0 aliphatic heterocycles. The van der Waals surface area contributed by atoms with Crippen molar-refractivity contribution in [2.45, 2.75) is 19.3 Å². The molecule has 7 heteroatoms.